The molecule has 0 aliphatic heterocycles. The molecule has 0 amide bonds. The van der Waals surface area contributed by atoms with Crippen LogP contribution in [0.15, 0.2) is 21.9 Å². The summed E-state index contributed by atoms with van der Waals surface area (Å²) in [5.74, 6) is -0.646. The highest BCUT2D eigenvalue weighted by Crippen LogP contribution is 2.16. The molecule has 1 heterocycles. The highest BCUT2D eigenvalue weighted by molar-refractivity contribution is 9.10. The minimum Gasteiger partial charge on any atom is -0.465 e. The second-order valence-corrected chi connectivity index (χ2v) is 3.39. The van der Waals surface area contributed by atoms with Gasteiger partial charge >= 0.3 is 5.97 Å². The fraction of sp³-hybridized carbons (Fsp3) is 0.125. The van der Waals surface area contributed by atoms with Crippen LogP contribution in [0.5, 0.6) is 0 Å². The third-order valence-corrected chi connectivity index (χ3v) is 2.22. The Labute approximate surface area is 93.9 Å². The summed E-state index contributed by atoms with van der Waals surface area (Å²) in [7, 11) is 1.27. The van der Waals surface area contributed by atoms with Gasteiger partial charge in [-0.25, -0.2) is 4.79 Å². The van der Waals surface area contributed by atoms with Gasteiger partial charge in [0.2, 0.25) is 0 Å². The van der Waals surface area contributed by atoms with Crippen LogP contribution in [0, 0.1) is 0 Å². The lowest BCUT2D eigenvalue weighted by Gasteiger charge is -2.03. The first-order valence-corrected chi connectivity index (χ1v) is 4.61. The zero-order chi connectivity index (χ0) is 11.4. The number of carbonyl (C=O) groups is 1. The van der Waals surface area contributed by atoms with Crippen molar-refractivity contribution in [2.45, 2.75) is 0 Å². The first-order valence-electron chi connectivity index (χ1n) is 3.82. The molecule has 0 saturated carbocycles. The van der Waals surface area contributed by atoms with Crippen molar-refractivity contribution < 1.29 is 14.7 Å². The standard InChI is InChI=1S/C8H8BrN3O3/c1-15-8(13)4-2-5(9)6(11-3-4)7(10)12-14/h2-3,14H,1H3,(H2,10,12). The van der Waals surface area contributed by atoms with Gasteiger partial charge in [-0.05, 0) is 22.0 Å². The molecule has 0 aliphatic rings. The molecule has 0 unspecified atom stereocenters. The summed E-state index contributed by atoms with van der Waals surface area (Å²) in [4.78, 5) is 15.0. The van der Waals surface area contributed by atoms with E-state index in [1.54, 1.807) is 0 Å². The average molecular weight is 274 g/mol. The molecule has 1 aromatic heterocycles. The normalized spacial score (nSPS) is 11.2. The molecule has 3 N–H and O–H groups in total. The van der Waals surface area contributed by atoms with Gasteiger partial charge in [0, 0.05) is 10.7 Å². The quantitative estimate of drug-likeness (QED) is 0.272. The summed E-state index contributed by atoms with van der Waals surface area (Å²) in [6, 6.07) is 1.48. The molecule has 0 bridgehead atoms. The Morgan fingerprint density at radius 2 is 2.40 bits per heavy atom. The molecule has 6 nitrogen and oxygen atoms in total. The molecular weight excluding hydrogens is 266 g/mol. The Balaban J connectivity index is 3.14. The largest absolute Gasteiger partial charge is 0.465 e. The van der Waals surface area contributed by atoms with Crippen LogP contribution in [-0.2, 0) is 4.74 Å². The van der Waals surface area contributed by atoms with Crippen molar-refractivity contribution in [2.24, 2.45) is 10.9 Å². The molecule has 15 heavy (non-hydrogen) atoms. The molecular formula is C8H8BrN3O3. The van der Waals surface area contributed by atoms with Gasteiger partial charge in [0.25, 0.3) is 0 Å². The van der Waals surface area contributed by atoms with Crippen LogP contribution in [-0.4, -0.2) is 29.1 Å². The van der Waals surface area contributed by atoms with Crippen molar-refractivity contribution in [2.75, 3.05) is 7.11 Å². The number of hydrogen-bond acceptors (Lipinski definition) is 5. The zero-order valence-corrected chi connectivity index (χ0v) is 9.35. The van der Waals surface area contributed by atoms with Gasteiger partial charge in [-0.15, -0.1) is 0 Å². The maximum Gasteiger partial charge on any atom is 0.339 e. The number of nitrogens with two attached hydrogens (primary N) is 1. The van der Waals surface area contributed by atoms with Crippen LogP contribution in [0.25, 0.3) is 0 Å². The number of hydrogen-bond donors (Lipinski definition) is 2. The maximum absolute atomic E-state index is 11.1. The van der Waals surface area contributed by atoms with E-state index in [0.717, 1.165) is 0 Å². The summed E-state index contributed by atoms with van der Waals surface area (Å²) >= 11 is 3.14. The minimum atomic E-state index is -0.505. The van der Waals surface area contributed by atoms with Gasteiger partial charge in [0.05, 0.1) is 12.7 Å². The van der Waals surface area contributed by atoms with Crippen LogP contribution in [0.2, 0.25) is 0 Å². The molecule has 0 saturated heterocycles. The molecule has 0 aliphatic carbocycles. The number of pyridine rings is 1. The minimum absolute atomic E-state index is 0.140. The van der Waals surface area contributed by atoms with E-state index in [0.29, 0.717) is 4.47 Å². The number of aromatic nitrogens is 1. The van der Waals surface area contributed by atoms with Crippen LogP contribution < -0.4 is 5.73 Å². The van der Waals surface area contributed by atoms with Crippen molar-refractivity contribution >= 4 is 27.7 Å². The predicted octanol–water partition coefficient (Wildman–Crippen LogP) is 0.725. The fourth-order valence-electron chi connectivity index (χ4n) is 0.903. The summed E-state index contributed by atoms with van der Waals surface area (Å²) < 4.78 is 4.95. The molecule has 0 spiro atoms. The summed E-state index contributed by atoms with van der Waals surface area (Å²) in [5.41, 5.74) is 5.88. The Bertz CT molecular complexity index is 420. The van der Waals surface area contributed by atoms with E-state index < -0.39 is 5.97 Å². The van der Waals surface area contributed by atoms with E-state index in [2.05, 4.69) is 30.8 Å². The molecule has 1 aromatic rings. The van der Waals surface area contributed by atoms with Gasteiger partial charge in [-0.1, -0.05) is 5.16 Å². The Morgan fingerprint density at radius 3 is 2.87 bits per heavy atom. The number of nitrogens with zero attached hydrogens (tertiary/aromatic N) is 2. The maximum atomic E-state index is 11.1. The number of ether oxygens (including phenoxy) is 1. The third-order valence-electron chi connectivity index (χ3n) is 1.61. The lowest BCUT2D eigenvalue weighted by atomic mass is 10.2. The number of amidine groups is 1. The second-order valence-electron chi connectivity index (χ2n) is 2.53. The first-order chi connectivity index (χ1) is 7.10. The van der Waals surface area contributed by atoms with Crippen LogP contribution >= 0.6 is 15.9 Å². The Kier molecular flexibility index (Phi) is 3.62. The molecule has 0 radical (unpaired) electrons. The lowest BCUT2D eigenvalue weighted by Crippen LogP contribution is -2.16. The van der Waals surface area contributed by atoms with E-state index in [1.807, 2.05) is 0 Å². The summed E-state index contributed by atoms with van der Waals surface area (Å²) in [6.07, 6.45) is 1.28. The van der Waals surface area contributed by atoms with Crippen LogP contribution in [0.4, 0.5) is 0 Å². The van der Waals surface area contributed by atoms with Crippen LogP contribution in [0.3, 0.4) is 0 Å². The number of oxime groups is 1. The number of esters is 1. The van der Waals surface area contributed by atoms with E-state index in [1.165, 1.54) is 19.4 Å². The molecule has 7 heteroatoms. The van der Waals surface area contributed by atoms with Gasteiger partial charge in [0.15, 0.2) is 5.84 Å². The van der Waals surface area contributed by atoms with E-state index in [4.69, 9.17) is 10.9 Å². The zero-order valence-electron chi connectivity index (χ0n) is 7.77. The monoisotopic (exact) mass is 273 g/mol. The first kappa shape index (κ1) is 11.4. The average Bonchev–Trinajstić information content (AvgIpc) is 2.26. The molecule has 0 aromatic carbocycles. The number of halogens is 1. The molecule has 0 fully saturated rings. The lowest BCUT2D eigenvalue weighted by molar-refractivity contribution is 0.0600. The summed E-state index contributed by atoms with van der Waals surface area (Å²) in [6.45, 7) is 0. The van der Waals surface area contributed by atoms with Crippen molar-refractivity contribution in [1.29, 1.82) is 0 Å². The smallest absolute Gasteiger partial charge is 0.339 e. The molecule has 80 valence electrons. The summed E-state index contributed by atoms with van der Waals surface area (Å²) in [5, 5.41) is 11.2. The van der Waals surface area contributed by atoms with Gasteiger partial charge in [0.1, 0.15) is 5.69 Å². The predicted molar refractivity (Wildman–Crippen MR) is 55.8 cm³/mol. The topological polar surface area (TPSA) is 97.8 Å². The van der Waals surface area contributed by atoms with Crippen molar-refractivity contribution in [1.82, 2.24) is 4.98 Å². The van der Waals surface area contributed by atoms with Crippen molar-refractivity contribution in [3.63, 3.8) is 0 Å². The molecule has 1 rings (SSSR count). The number of carbonyl (C=O) groups excluding carboxylic acids is 1. The van der Waals surface area contributed by atoms with Crippen molar-refractivity contribution in [3.8, 4) is 0 Å². The number of rotatable bonds is 2. The van der Waals surface area contributed by atoms with Gasteiger partial charge in [-0.2, -0.15) is 0 Å². The highest BCUT2D eigenvalue weighted by atomic mass is 79.9. The van der Waals surface area contributed by atoms with Crippen molar-refractivity contribution in [3.05, 3.63) is 28.0 Å². The van der Waals surface area contributed by atoms with Gasteiger partial charge in [-0.3, -0.25) is 4.98 Å². The van der Waals surface area contributed by atoms with E-state index >= 15 is 0 Å². The van der Waals surface area contributed by atoms with Gasteiger partial charge < -0.3 is 15.7 Å². The van der Waals surface area contributed by atoms with Crippen LogP contribution in [0.1, 0.15) is 16.1 Å². The third kappa shape index (κ3) is 2.44. The number of methoxy groups -OCH3 is 1. The van der Waals surface area contributed by atoms with E-state index in [-0.39, 0.29) is 17.1 Å². The Morgan fingerprint density at radius 1 is 1.73 bits per heavy atom. The highest BCUT2D eigenvalue weighted by Gasteiger charge is 2.11. The SMILES string of the molecule is COC(=O)c1cnc(/C(N)=N/O)c(Br)c1. The molecule has 0 atom stereocenters. The second kappa shape index (κ2) is 4.74. The van der Waals surface area contributed by atoms with E-state index in [9.17, 15) is 4.79 Å². The Hall–Kier alpha value is -1.63. The fourth-order valence-corrected chi connectivity index (χ4v) is 1.46.